The molecule has 0 atom stereocenters. The van der Waals surface area contributed by atoms with Crippen LogP contribution in [0.4, 0.5) is 0 Å². The second-order valence-electron chi connectivity index (χ2n) is 5.75. The minimum atomic E-state index is 0.610. The summed E-state index contributed by atoms with van der Waals surface area (Å²) in [5.74, 6) is 3.04. The molecular formula is C20H26BrN3O3. The van der Waals surface area contributed by atoms with Crippen molar-refractivity contribution in [2.45, 2.75) is 13.0 Å². The van der Waals surface area contributed by atoms with Gasteiger partial charge >= 0.3 is 0 Å². The molecule has 2 N–H and O–H groups in total. The number of hydrogen-bond donors (Lipinski definition) is 2. The van der Waals surface area contributed by atoms with Crippen LogP contribution in [0.2, 0.25) is 0 Å². The second-order valence-corrected chi connectivity index (χ2v) is 6.66. The van der Waals surface area contributed by atoms with Gasteiger partial charge < -0.3 is 24.8 Å². The number of nitrogens with one attached hydrogen (secondary N) is 2. The maximum absolute atomic E-state index is 5.40. The molecule has 0 spiro atoms. The van der Waals surface area contributed by atoms with Crippen molar-refractivity contribution >= 4 is 21.9 Å². The fraction of sp³-hybridized carbons (Fsp3) is 0.350. The molecule has 0 aromatic heterocycles. The van der Waals surface area contributed by atoms with E-state index < -0.39 is 0 Å². The molecule has 27 heavy (non-hydrogen) atoms. The molecule has 0 saturated heterocycles. The summed E-state index contributed by atoms with van der Waals surface area (Å²) in [4.78, 5) is 4.27. The van der Waals surface area contributed by atoms with Gasteiger partial charge in [0.2, 0.25) is 0 Å². The lowest BCUT2D eigenvalue weighted by Gasteiger charge is -2.14. The molecule has 146 valence electrons. The van der Waals surface area contributed by atoms with Crippen LogP contribution in [-0.2, 0) is 13.0 Å². The van der Waals surface area contributed by atoms with Crippen LogP contribution in [0, 0.1) is 0 Å². The van der Waals surface area contributed by atoms with Gasteiger partial charge in [-0.3, -0.25) is 4.99 Å². The van der Waals surface area contributed by atoms with Crippen LogP contribution in [-0.4, -0.2) is 40.9 Å². The van der Waals surface area contributed by atoms with Gasteiger partial charge in [-0.15, -0.1) is 0 Å². The van der Waals surface area contributed by atoms with E-state index in [1.165, 1.54) is 0 Å². The molecule has 0 radical (unpaired) electrons. The summed E-state index contributed by atoms with van der Waals surface area (Å²) in [6.45, 7) is 1.35. The SMILES string of the molecule is CN=C(NCCc1ccc(OC)c(OC)c1)NCc1cc(Br)ccc1OC. The van der Waals surface area contributed by atoms with Crippen molar-refractivity contribution in [2.75, 3.05) is 34.9 Å². The number of benzene rings is 2. The van der Waals surface area contributed by atoms with Gasteiger partial charge in [0.05, 0.1) is 21.3 Å². The number of nitrogens with zero attached hydrogens (tertiary/aromatic N) is 1. The first-order valence-electron chi connectivity index (χ1n) is 8.59. The molecule has 0 aliphatic carbocycles. The highest BCUT2D eigenvalue weighted by molar-refractivity contribution is 9.10. The first kappa shape index (κ1) is 20.9. The van der Waals surface area contributed by atoms with E-state index in [1.807, 2.05) is 36.4 Å². The standard InChI is InChI=1S/C20H26BrN3O3/c1-22-20(24-13-15-12-16(21)6-8-17(15)25-2)23-10-9-14-5-7-18(26-3)19(11-14)27-4/h5-8,11-12H,9-10,13H2,1-4H3,(H2,22,23,24). The minimum absolute atomic E-state index is 0.610. The molecule has 2 rings (SSSR count). The molecule has 7 heteroatoms. The third kappa shape index (κ3) is 6.06. The third-order valence-electron chi connectivity index (χ3n) is 4.07. The second kappa shape index (κ2) is 10.7. The summed E-state index contributed by atoms with van der Waals surface area (Å²) >= 11 is 3.49. The normalized spacial score (nSPS) is 11.1. The van der Waals surface area contributed by atoms with E-state index in [9.17, 15) is 0 Å². The molecule has 0 fully saturated rings. The Morgan fingerprint density at radius 1 is 0.926 bits per heavy atom. The molecule has 2 aromatic carbocycles. The van der Waals surface area contributed by atoms with Crippen molar-refractivity contribution in [1.82, 2.24) is 10.6 Å². The van der Waals surface area contributed by atoms with Gasteiger partial charge in [-0.05, 0) is 42.3 Å². The number of halogens is 1. The number of methoxy groups -OCH3 is 3. The van der Waals surface area contributed by atoms with E-state index in [0.717, 1.165) is 51.8 Å². The largest absolute Gasteiger partial charge is 0.496 e. The molecule has 0 aliphatic heterocycles. The summed E-state index contributed by atoms with van der Waals surface area (Å²) in [6, 6.07) is 11.9. The summed E-state index contributed by atoms with van der Waals surface area (Å²) < 4.78 is 17.0. The Balaban J connectivity index is 1.88. The van der Waals surface area contributed by atoms with Gasteiger partial charge in [-0.2, -0.15) is 0 Å². The first-order chi connectivity index (χ1) is 13.1. The lowest BCUT2D eigenvalue weighted by atomic mass is 10.1. The van der Waals surface area contributed by atoms with E-state index >= 15 is 0 Å². The Morgan fingerprint density at radius 3 is 2.30 bits per heavy atom. The zero-order valence-corrected chi connectivity index (χ0v) is 17.7. The monoisotopic (exact) mass is 435 g/mol. The zero-order valence-electron chi connectivity index (χ0n) is 16.1. The lowest BCUT2D eigenvalue weighted by molar-refractivity contribution is 0.354. The molecule has 0 saturated carbocycles. The maximum atomic E-state index is 5.40. The average molecular weight is 436 g/mol. The van der Waals surface area contributed by atoms with Gasteiger partial charge in [0.25, 0.3) is 0 Å². The summed E-state index contributed by atoms with van der Waals surface area (Å²) in [5.41, 5.74) is 2.21. The van der Waals surface area contributed by atoms with Crippen LogP contribution in [0.5, 0.6) is 17.2 Å². The Hall–Kier alpha value is -2.41. The quantitative estimate of drug-likeness (QED) is 0.491. The molecular weight excluding hydrogens is 410 g/mol. The first-order valence-corrected chi connectivity index (χ1v) is 9.38. The van der Waals surface area contributed by atoms with Crippen molar-refractivity contribution in [2.24, 2.45) is 4.99 Å². The van der Waals surface area contributed by atoms with E-state index in [-0.39, 0.29) is 0 Å². The predicted octanol–water partition coefficient (Wildman–Crippen LogP) is 3.38. The van der Waals surface area contributed by atoms with E-state index in [2.05, 4.69) is 31.6 Å². The smallest absolute Gasteiger partial charge is 0.191 e. The number of hydrogen-bond acceptors (Lipinski definition) is 4. The number of ether oxygens (including phenoxy) is 3. The van der Waals surface area contributed by atoms with Crippen LogP contribution in [0.15, 0.2) is 45.9 Å². The molecule has 2 aromatic rings. The zero-order chi connectivity index (χ0) is 19.6. The highest BCUT2D eigenvalue weighted by Gasteiger charge is 2.07. The topological polar surface area (TPSA) is 64.1 Å². The van der Waals surface area contributed by atoms with Crippen LogP contribution >= 0.6 is 15.9 Å². The van der Waals surface area contributed by atoms with Crippen molar-refractivity contribution in [3.63, 3.8) is 0 Å². The van der Waals surface area contributed by atoms with Gasteiger partial charge in [-0.1, -0.05) is 22.0 Å². The summed E-state index contributed by atoms with van der Waals surface area (Å²) in [5, 5.41) is 6.63. The highest BCUT2D eigenvalue weighted by Crippen LogP contribution is 2.27. The third-order valence-corrected chi connectivity index (χ3v) is 4.56. The summed E-state index contributed by atoms with van der Waals surface area (Å²) in [6.07, 6.45) is 0.835. The fourth-order valence-corrected chi connectivity index (χ4v) is 3.05. The molecule has 0 aliphatic rings. The highest BCUT2D eigenvalue weighted by atomic mass is 79.9. The number of aliphatic imine (C=N–C) groups is 1. The fourth-order valence-electron chi connectivity index (χ4n) is 2.65. The van der Waals surface area contributed by atoms with Gasteiger partial charge in [0.15, 0.2) is 17.5 Å². The maximum Gasteiger partial charge on any atom is 0.191 e. The van der Waals surface area contributed by atoms with Gasteiger partial charge in [0, 0.05) is 30.2 Å². The molecule has 0 bridgehead atoms. The molecule has 0 unspecified atom stereocenters. The van der Waals surface area contributed by atoms with E-state index in [1.54, 1.807) is 28.4 Å². The van der Waals surface area contributed by atoms with Crippen LogP contribution in [0.3, 0.4) is 0 Å². The Kier molecular flexibility index (Phi) is 8.26. The Morgan fingerprint density at radius 2 is 1.63 bits per heavy atom. The lowest BCUT2D eigenvalue weighted by Crippen LogP contribution is -2.37. The minimum Gasteiger partial charge on any atom is -0.496 e. The van der Waals surface area contributed by atoms with E-state index in [0.29, 0.717) is 6.54 Å². The number of guanidine groups is 1. The molecule has 0 amide bonds. The summed E-state index contributed by atoms with van der Waals surface area (Å²) in [7, 11) is 6.70. The van der Waals surface area contributed by atoms with Crippen LogP contribution in [0.1, 0.15) is 11.1 Å². The average Bonchev–Trinajstić information content (AvgIpc) is 2.70. The van der Waals surface area contributed by atoms with Gasteiger partial charge in [-0.25, -0.2) is 0 Å². The van der Waals surface area contributed by atoms with Crippen molar-refractivity contribution in [3.05, 3.63) is 52.0 Å². The Bertz CT molecular complexity index is 781. The predicted molar refractivity (Wildman–Crippen MR) is 112 cm³/mol. The Labute approximate surface area is 169 Å². The van der Waals surface area contributed by atoms with Crippen molar-refractivity contribution in [1.29, 1.82) is 0 Å². The van der Waals surface area contributed by atoms with Crippen molar-refractivity contribution < 1.29 is 14.2 Å². The van der Waals surface area contributed by atoms with Crippen molar-refractivity contribution in [3.8, 4) is 17.2 Å². The molecule has 6 nitrogen and oxygen atoms in total. The van der Waals surface area contributed by atoms with Crippen LogP contribution < -0.4 is 24.8 Å². The van der Waals surface area contributed by atoms with Crippen LogP contribution in [0.25, 0.3) is 0 Å². The van der Waals surface area contributed by atoms with E-state index in [4.69, 9.17) is 14.2 Å². The number of rotatable bonds is 8. The molecule has 0 heterocycles. The van der Waals surface area contributed by atoms with Gasteiger partial charge in [0.1, 0.15) is 5.75 Å².